The van der Waals surface area contributed by atoms with E-state index in [1.807, 2.05) is 32.2 Å². The van der Waals surface area contributed by atoms with Crippen LogP contribution < -0.4 is 0 Å². The molecule has 1 aromatic heterocycles. The normalized spacial score (nSPS) is 14.6. The first-order valence-electron chi connectivity index (χ1n) is 4.67. The van der Waals surface area contributed by atoms with Gasteiger partial charge in [-0.2, -0.15) is 4.40 Å². The maximum Gasteiger partial charge on any atom is 0.139 e. The van der Waals surface area contributed by atoms with Gasteiger partial charge in [0.15, 0.2) is 0 Å². The second-order valence-corrected chi connectivity index (χ2v) is 6.67. The summed E-state index contributed by atoms with van der Waals surface area (Å²) in [5.74, 6) is 1.04. The minimum Gasteiger partial charge on any atom is -0.235 e. The highest BCUT2D eigenvalue weighted by Gasteiger charge is 2.05. The predicted octanol–water partition coefficient (Wildman–Crippen LogP) is 3.64. The summed E-state index contributed by atoms with van der Waals surface area (Å²) < 4.78 is 16.8. The molecule has 84 valence electrons. The third-order valence-corrected chi connectivity index (χ3v) is 4.87. The Hall–Kier alpha value is -0.0000000000000000833. The molecular weight excluding hydrogens is 294 g/mol. The van der Waals surface area contributed by atoms with Crippen molar-refractivity contribution in [3.63, 3.8) is 0 Å². The van der Waals surface area contributed by atoms with Crippen molar-refractivity contribution >= 4 is 44.0 Å². The minimum atomic E-state index is -1.09. The molecule has 0 bridgehead atoms. The molecule has 0 aliphatic heterocycles. The number of thiophene rings is 1. The first kappa shape index (κ1) is 13.1. The van der Waals surface area contributed by atoms with Gasteiger partial charge in [0.2, 0.25) is 0 Å². The number of nitrogens with zero attached hydrogens (tertiary/aromatic N) is 1. The van der Waals surface area contributed by atoms with Crippen LogP contribution in [0, 0.1) is 5.92 Å². The Labute approximate surface area is 106 Å². The van der Waals surface area contributed by atoms with E-state index in [4.69, 9.17) is 0 Å². The fraction of sp³-hybridized carbons (Fsp3) is 0.500. The Morgan fingerprint density at radius 3 is 2.80 bits per heavy atom. The molecule has 15 heavy (non-hydrogen) atoms. The lowest BCUT2D eigenvalue weighted by molar-refractivity contribution is 0.666. The van der Waals surface area contributed by atoms with Crippen LogP contribution in [0.2, 0.25) is 0 Å². The third kappa shape index (κ3) is 4.57. The van der Waals surface area contributed by atoms with Crippen LogP contribution in [-0.4, -0.2) is 15.7 Å². The van der Waals surface area contributed by atoms with Gasteiger partial charge in [0.25, 0.3) is 0 Å². The highest BCUT2D eigenvalue weighted by molar-refractivity contribution is 9.10. The van der Waals surface area contributed by atoms with Crippen molar-refractivity contribution in [3.05, 3.63) is 20.8 Å². The molecule has 5 heteroatoms. The van der Waals surface area contributed by atoms with Crippen molar-refractivity contribution in [2.45, 2.75) is 20.8 Å². The van der Waals surface area contributed by atoms with Crippen LogP contribution in [0.1, 0.15) is 25.6 Å². The zero-order valence-electron chi connectivity index (χ0n) is 8.99. The van der Waals surface area contributed by atoms with Gasteiger partial charge in [0.1, 0.15) is 11.0 Å². The van der Waals surface area contributed by atoms with Crippen LogP contribution in [-0.2, 0) is 11.0 Å². The SMILES string of the molecule is CC(=NS(=O)CC(C)C)c1cc(Br)cs1. The van der Waals surface area contributed by atoms with Gasteiger partial charge in [-0.25, -0.2) is 4.21 Å². The molecule has 1 rings (SSSR count). The Morgan fingerprint density at radius 2 is 2.33 bits per heavy atom. The molecule has 1 unspecified atom stereocenters. The minimum absolute atomic E-state index is 0.414. The first-order valence-corrected chi connectivity index (χ1v) is 7.62. The van der Waals surface area contributed by atoms with Crippen LogP contribution >= 0.6 is 27.3 Å². The first-order chi connectivity index (χ1) is 6.99. The molecule has 0 aliphatic carbocycles. The van der Waals surface area contributed by atoms with Crippen LogP contribution in [0.25, 0.3) is 0 Å². The molecule has 0 saturated carbocycles. The van der Waals surface area contributed by atoms with E-state index in [-0.39, 0.29) is 0 Å². The smallest absolute Gasteiger partial charge is 0.139 e. The van der Waals surface area contributed by atoms with Gasteiger partial charge in [-0.05, 0) is 34.8 Å². The number of halogens is 1. The molecule has 1 heterocycles. The molecule has 0 aliphatic rings. The van der Waals surface area contributed by atoms with Crippen molar-refractivity contribution in [3.8, 4) is 0 Å². The number of hydrogen-bond acceptors (Lipinski definition) is 2. The van der Waals surface area contributed by atoms with Crippen LogP contribution in [0.5, 0.6) is 0 Å². The Bertz CT molecular complexity index is 385. The lowest BCUT2D eigenvalue weighted by atomic mass is 10.3. The summed E-state index contributed by atoms with van der Waals surface area (Å²) >= 11 is 4.99. The third-order valence-electron chi connectivity index (χ3n) is 1.64. The molecule has 0 radical (unpaired) electrons. The van der Waals surface area contributed by atoms with Gasteiger partial charge in [-0.15, -0.1) is 11.3 Å². The van der Waals surface area contributed by atoms with Gasteiger partial charge in [0, 0.05) is 15.6 Å². The molecule has 1 aromatic rings. The van der Waals surface area contributed by atoms with Crippen molar-refractivity contribution in [2.24, 2.45) is 10.3 Å². The van der Waals surface area contributed by atoms with Crippen molar-refractivity contribution < 1.29 is 4.21 Å². The summed E-state index contributed by atoms with van der Waals surface area (Å²) in [5.41, 5.74) is 0.852. The van der Waals surface area contributed by atoms with E-state index in [1.165, 1.54) is 0 Å². The molecule has 0 aromatic carbocycles. The van der Waals surface area contributed by atoms with Gasteiger partial charge in [-0.1, -0.05) is 13.8 Å². The van der Waals surface area contributed by atoms with E-state index in [2.05, 4.69) is 20.3 Å². The van der Waals surface area contributed by atoms with Crippen LogP contribution in [0.3, 0.4) is 0 Å². The van der Waals surface area contributed by atoms with Gasteiger partial charge in [-0.3, -0.25) is 0 Å². The second kappa shape index (κ2) is 5.92. The zero-order valence-corrected chi connectivity index (χ0v) is 12.2. The molecule has 0 saturated heterocycles. The molecule has 0 N–H and O–H groups in total. The van der Waals surface area contributed by atoms with Gasteiger partial charge in [0.05, 0.1) is 10.6 Å². The Morgan fingerprint density at radius 1 is 1.67 bits per heavy atom. The number of rotatable bonds is 4. The standard InChI is InChI=1S/C10H14BrNOS2/c1-7(2)6-15(13)12-8(3)10-4-9(11)5-14-10/h4-5,7H,6H2,1-3H3. The second-order valence-electron chi connectivity index (χ2n) is 3.69. The Kier molecular flexibility index (Phi) is 5.15. The Balaban J connectivity index is 2.71. The molecule has 0 amide bonds. The maximum atomic E-state index is 11.6. The molecule has 0 fully saturated rings. The average molecular weight is 308 g/mol. The van der Waals surface area contributed by atoms with Crippen LogP contribution in [0.4, 0.5) is 0 Å². The summed E-state index contributed by atoms with van der Waals surface area (Å²) in [4.78, 5) is 1.07. The summed E-state index contributed by atoms with van der Waals surface area (Å²) in [7, 11) is -1.09. The highest BCUT2D eigenvalue weighted by atomic mass is 79.9. The topological polar surface area (TPSA) is 29.4 Å². The van der Waals surface area contributed by atoms with E-state index in [1.54, 1.807) is 11.3 Å². The summed E-state index contributed by atoms with van der Waals surface area (Å²) in [6, 6.07) is 2.00. The maximum absolute atomic E-state index is 11.6. The van der Waals surface area contributed by atoms with E-state index in [0.29, 0.717) is 11.7 Å². The predicted molar refractivity (Wildman–Crippen MR) is 72.1 cm³/mol. The van der Waals surface area contributed by atoms with Crippen LogP contribution in [0.15, 0.2) is 20.3 Å². The van der Waals surface area contributed by atoms with E-state index < -0.39 is 11.0 Å². The van der Waals surface area contributed by atoms with E-state index in [9.17, 15) is 4.21 Å². The molecular formula is C10H14BrNOS2. The average Bonchev–Trinajstić information content (AvgIpc) is 2.49. The fourth-order valence-corrected chi connectivity index (χ4v) is 3.51. The van der Waals surface area contributed by atoms with Gasteiger partial charge >= 0.3 is 0 Å². The highest BCUT2D eigenvalue weighted by Crippen LogP contribution is 2.20. The lowest BCUT2D eigenvalue weighted by Gasteiger charge is -2.01. The summed E-state index contributed by atoms with van der Waals surface area (Å²) in [6.45, 7) is 5.99. The molecule has 0 spiro atoms. The lowest BCUT2D eigenvalue weighted by Crippen LogP contribution is -2.04. The molecule has 2 nitrogen and oxygen atoms in total. The van der Waals surface area contributed by atoms with Crippen molar-refractivity contribution in [1.82, 2.24) is 0 Å². The summed E-state index contributed by atoms with van der Waals surface area (Å²) in [6.07, 6.45) is 0. The number of hydrogen-bond donors (Lipinski definition) is 0. The zero-order chi connectivity index (χ0) is 11.4. The fourth-order valence-electron chi connectivity index (χ4n) is 1.02. The quantitative estimate of drug-likeness (QED) is 0.781. The molecule has 1 atom stereocenters. The monoisotopic (exact) mass is 307 g/mol. The van der Waals surface area contributed by atoms with Crippen molar-refractivity contribution in [1.29, 1.82) is 0 Å². The van der Waals surface area contributed by atoms with Gasteiger partial charge < -0.3 is 0 Å². The van der Waals surface area contributed by atoms with E-state index in [0.717, 1.165) is 15.1 Å². The van der Waals surface area contributed by atoms with E-state index >= 15 is 0 Å². The van der Waals surface area contributed by atoms with Crippen molar-refractivity contribution in [2.75, 3.05) is 5.75 Å². The summed E-state index contributed by atoms with van der Waals surface area (Å²) in [5, 5.41) is 2.00. The largest absolute Gasteiger partial charge is 0.235 e.